The van der Waals surface area contributed by atoms with E-state index in [2.05, 4.69) is 39.9 Å². The van der Waals surface area contributed by atoms with Crippen LogP contribution in [0.25, 0.3) is 0 Å². The van der Waals surface area contributed by atoms with E-state index >= 15 is 0 Å². The van der Waals surface area contributed by atoms with Crippen LogP contribution in [0, 0.1) is 0 Å². The molecule has 0 spiro atoms. The van der Waals surface area contributed by atoms with Gasteiger partial charge in [-0.2, -0.15) is 5.10 Å². The lowest BCUT2D eigenvalue weighted by molar-refractivity contribution is -0.116. The maximum absolute atomic E-state index is 12.1. The van der Waals surface area contributed by atoms with Crippen molar-refractivity contribution in [3.05, 3.63) is 48.3 Å². The average Bonchev–Trinajstić information content (AvgIpc) is 3.16. The number of nitrogens with one attached hydrogen (secondary N) is 3. The molecule has 1 aromatic heterocycles. The number of carbonyl (C=O) groups is 1. The zero-order chi connectivity index (χ0) is 19.3. The molecule has 3 N–H and O–H groups in total. The lowest BCUT2D eigenvalue weighted by Crippen LogP contribution is -2.37. The van der Waals surface area contributed by atoms with Gasteiger partial charge in [-0.05, 0) is 37.1 Å². The van der Waals surface area contributed by atoms with Gasteiger partial charge in [0.1, 0.15) is 6.54 Å². The Morgan fingerprint density at radius 3 is 2.75 bits per heavy atom. The smallest absolute Gasteiger partial charge is 0.246 e. The Hall–Kier alpha value is -2.10. The first-order valence-corrected chi connectivity index (χ1v) is 9.59. The number of aromatic nitrogens is 2. The third kappa shape index (κ3) is 9.20. The molecule has 1 amide bonds. The topological polar surface area (TPSA) is 83.3 Å². The highest BCUT2D eigenvalue weighted by Crippen LogP contribution is 2.11. The van der Waals surface area contributed by atoms with Crippen molar-refractivity contribution in [1.82, 2.24) is 20.4 Å². The molecule has 8 heteroatoms. The molecule has 2 aromatic rings. The van der Waals surface area contributed by atoms with E-state index in [-0.39, 0.29) is 36.4 Å². The number of nitrogens with zero attached hydrogens (tertiary/aromatic N) is 3. The second-order valence-electron chi connectivity index (χ2n) is 6.28. The van der Waals surface area contributed by atoms with Crippen molar-refractivity contribution >= 4 is 41.5 Å². The van der Waals surface area contributed by atoms with Gasteiger partial charge in [-0.3, -0.25) is 9.48 Å². The van der Waals surface area contributed by atoms with Crippen LogP contribution < -0.4 is 16.0 Å². The van der Waals surface area contributed by atoms with Crippen molar-refractivity contribution in [2.75, 3.05) is 18.4 Å². The molecule has 0 radical (unpaired) electrons. The zero-order valence-electron chi connectivity index (χ0n) is 16.6. The molecule has 28 heavy (non-hydrogen) atoms. The largest absolute Gasteiger partial charge is 0.357 e. The van der Waals surface area contributed by atoms with Crippen LogP contribution in [0.5, 0.6) is 0 Å². The summed E-state index contributed by atoms with van der Waals surface area (Å²) in [4.78, 5) is 16.7. The summed E-state index contributed by atoms with van der Waals surface area (Å²) in [5.74, 6) is 0.715. The van der Waals surface area contributed by atoms with Crippen molar-refractivity contribution in [3.8, 4) is 0 Å². The molecule has 0 bridgehead atoms. The predicted molar refractivity (Wildman–Crippen MR) is 125 cm³/mol. The molecule has 1 aromatic carbocycles. The Bertz CT molecular complexity index is 717. The van der Waals surface area contributed by atoms with Crippen LogP contribution in [0.15, 0.2) is 47.7 Å². The van der Waals surface area contributed by atoms with E-state index in [1.165, 1.54) is 12.8 Å². The van der Waals surface area contributed by atoms with E-state index in [0.717, 1.165) is 36.7 Å². The Balaban J connectivity index is 0.00000392. The SMILES string of the molecule is CCCCCNC(=NCc1cccc(NC(=O)Cn2cccn2)c1)NCC.I. The Kier molecular flexibility index (Phi) is 11.9. The third-order valence-electron chi connectivity index (χ3n) is 3.91. The second kappa shape index (κ2) is 14.0. The van der Waals surface area contributed by atoms with Gasteiger partial charge in [0.15, 0.2) is 5.96 Å². The van der Waals surface area contributed by atoms with Crippen LogP contribution in [0.4, 0.5) is 5.69 Å². The molecule has 7 nitrogen and oxygen atoms in total. The molecular formula is C20H31IN6O. The summed E-state index contributed by atoms with van der Waals surface area (Å²) in [6.45, 7) is 6.74. The van der Waals surface area contributed by atoms with Crippen LogP contribution in [0.2, 0.25) is 0 Å². The third-order valence-corrected chi connectivity index (χ3v) is 3.91. The monoisotopic (exact) mass is 498 g/mol. The number of rotatable bonds is 10. The Morgan fingerprint density at radius 1 is 1.18 bits per heavy atom. The number of hydrogen-bond acceptors (Lipinski definition) is 3. The quantitative estimate of drug-likeness (QED) is 0.203. The van der Waals surface area contributed by atoms with Crippen molar-refractivity contribution < 1.29 is 4.79 Å². The number of hydrogen-bond donors (Lipinski definition) is 3. The van der Waals surface area contributed by atoms with Crippen LogP contribution in [-0.2, 0) is 17.9 Å². The fraction of sp³-hybridized carbons (Fsp3) is 0.450. The molecule has 1 heterocycles. The molecule has 0 unspecified atom stereocenters. The molecule has 0 atom stereocenters. The summed E-state index contributed by atoms with van der Waals surface area (Å²) in [6.07, 6.45) is 6.98. The fourth-order valence-corrected chi connectivity index (χ4v) is 2.58. The molecule has 0 aliphatic heterocycles. The molecule has 154 valence electrons. The van der Waals surface area contributed by atoms with Crippen molar-refractivity contribution in [3.63, 3.8) is 0 Å². The van der Waals surface area contributed by atoms with Crippen molar-refractivity contribution in [1.29, 1.82) is 0 Å². The predicted octanol–water partition coefficient (Wildman–Crippen LogP) is 3.39. The first-order chi connectivity index (χ1) is 13.2. The van der Waals surface area contributed by atoms with Gasteiger partial charge >= 0.3 is 0 Å². The fourth-order valence-electron chi connectivity index (χ4n) is 2.58. The first-order valence-electron chi connectivity index (χ1n) is 9.59. The Labute approximate surface area is 184 Å². The summed E-state index contributed by atoms with van der Waals surface area (Å²) in [5, 5.41) is 13.6. The van der Waals surface area contributed by atoms with Gasteiger partial charge in [0.25, 0.3) is 0 Å². The van der Waals surface area contributed by atoms with E-state index in [1.807, 2.05) is 24.3 Å². The minimum Gasteiger partial charge on any atom is -0.357 e. The minimum absolute atomic E-state index is 0. The molecule has 0 aliphatic carbocycles. The normalized spacial score (nSPS) is 10.9. The highest BCUT2D eigenvalue weighted by Gasteiger charge is 2.04. The average molecular weight is 498 g/mol. The Morgan fingerprint density at radius 2 is 2.04 bits per heavy atom. The molecule has 0 aliphatic rings. The van der Waals surface area contributed by atoms with E-state index in [0.29, 0.717) is 6.54 Å². The standard InChI is InChI=1S/C20H30N6O.HI/c1-3-5-6-11-22-20(21-4-2)23-15-17-9-7-10-18(14-17)25-19(27)16-26-13-8-12-24-26;/h7-10,12-14H,3-6,11,15-16H2,1-2H3,(H,25,27)(H2,21,22,23);1H. The van der Waals surface area contributed by atoms with Crippen LogP contribution in [0.3, 0.4) is 0 Å². The number of aliphatic imine (C=N–C) groups is 1. The van der Waals surface area contributed by atoms with Crippen LogP contribution in [0.1, 0.15) is 38.7 Å². The molecule has 0 fully saturated rings. The molecule has 0 saturated carbocycles. The van der Waals surface area contributed by atoms with Gasteiger partial charge in [-0.1, -0.05) is 31.9 Å². The summed E-state index contributed by atoms with van der Waals surface area (Å²) in [6, 6.07) is 9.56. The van der Waals surface area contributed by atoms with E-state index in [9.17, 15) is 4.79 Å². The van der Waals surface area contributed by atoms with Gasteiger partial charge < -0.3 is 16.0 Å². The number of anilines is 1. The number of guanidine groups is 1. The van der Waals surface area contributed by atoms with E-state index in [1.54, 1.807) is 23.1 Å². The van der Waals surface area contributed by atoms with Gasteiger partial charge in [0, 0.05) is 31.2 Å². The van der Waals surface area contributed by atoms with Gasteiger partial charge in [0.05, 0.1) is 6.54 Å². The highest BCUT2D eigenvalue weighted by atomic mass is 127. The lowest BCUT2D eigenvalue weighted by Gasteiger charge is -2.11. The van der Waals surface area contributed by atoms with Gasteiger partial charge in [0.2, 0.25) is 5.91 Å². The first kappa shape index (κ1) is 23.9. The molecular weight excluding hydrogens is 467 g/mol. The number of amides is 1. The summed E-state index contributed by atoms with van der Waals surface area (Å²) < 4.78 is 1.59. The van der Waals surface area contributed by atoms with E-state index < -0.39 is 0 Å². The minimum atomic E-state index is -0.106. The summed E-state index contributed by atoms with van der Waals surface area (Å²) in [7, 11) is 0. The summed E-state index contributed by atoms with van der Waals surface area (Å²) >= 11 is 0. The molecule has 0 saturated heterocycles. The highest BCUT2D eigenvalue weighted by molar-refractivity contribution is 14.0. The lowest BCUT2D eigenvalue weighted by atomic mass is 10.2. The number of benzene rings is 1. The van der Waals surface area contributed by atoms with Crippen molar-refractivity contribution in [2.24, 2.45) is 4.99 Å². The number of unbranched alkanes of at least 4 members (excludes halogenated alkanes) is 2. The van der Waals surface area contributed by atoms with Crippen LogP contribution in [-0.4, -0.2) is 34.7 Å². The molecule has 2 rings (SSSR count). The maximum atomic E-state index is 12.1. The number of carbonyl (C=O) groups excluding carboxylic acids is 1. The second-order valence-corrected chi connectivity index (χ2v) is 6.28. The van der Waals surface area contributed by atoms with Crippen molar-refractivity contribution in [2.45, 2.75) is 46.2 Å². The zero-order valence-corrected chi connectivity index (χ0v) is 19.0. The maximum Gasteiger partial charge on any atom is 0.246 e. The summed E-state index contributed by atoms with van der Waals surface area (Å²) in [5.41, 5.74) is 1.80. The number of halogens is 1. The van der Waals surface area contributed by atoms with E-state index in [4.69, 9.17) is 0 Å². The van der Waals surface area contributed by atoms with Gasteiger partial charge in [-0.15, -0.1) is 24.0 Å². The van der Waals surface area contributed by atoms with Gasteiger partial charge in [-0.25, -0.2) is 4.99 Å². The van der Waals surface area contributed by atoms with Crippen LogP contribution >= 0.6 is 24.0 Å².